The van der Waals surface area contributed by atoms with Crippen molar-refractivity contribution in [3.05, 3.63) is 32.7 Å². The first-order chi connectivity index (χ1) is 8.25. The highest BCUT2D eigenvalue weighted by Gasteiger charge is 2.20. The number of halogens is 4. The molecule has 0 radical (unpaired) electrons. The first-order valence-corrected chi connectivity index (χ1v) is 8.49. The molecule has 0 atom stereocenters. The van der Waals surface area contributed by atoms with Gasteiger partial charge in [0.25, 0.3) is 9.05 Å². The number of hydrogen-bond donors (Lipinski definition) is 0. The minimum atomic E-state index is -3.91. The summed E-state index contributed by atoms with van der Waals surface area (Å²) >= 11 is 14.3. The summed E-state index contributed by atoms with van der Waals surface area (Å²) in [7, 11) is 1.44. The molecule has 0 unspecified atom stereocenters. The number of benzene rings is 1. The maximum atomic E-state index is 11.5. The van der Waals surface area contributed by atoms with Crippen molar-refractivity contribution in [3.8, 4) is 5.75 Å². The second-order valence-corrected chi connectivity index (χ2v) is 7.49. The van der Waals surface area contributed by atoms with Gasteiger partial charge < -0.3 is 4.74 Å². The number of aryl methyl sites for hydroxylation is 1. The highest BCUT2D eigenvalue weighted by molar-refractivity contribution is 9.10. The maximum Gasteiger partial charge on any atom is 0.265 e. The van der Waals surface area contributed by atoms with Crippen LogP contribution in [0.15, 0.2) is 32.1 Å². The van der Waals surface area contributed by atoms with E-state index in [9.17, 15) is 8.42 Å². The average Bonchev–Trinajstić information content (AvgIpc) is 2.25. The van der Waals surface area contributed by atoms with E-state index in [0.717, 1.165) is 5.54 Å². The van der Waals surface area contributed by atoms with Crippen molar-refractivity contribution >= 4 is 58.9 Å². The lowest BCUT2D eigenvalue weighted by Gasteiger charge is -2.12. The molecule has 1 aromatic rings. The third-order valence-electron chi connectivity index (χ3n) is 1.94. The molecule has 0 saturated carbocycles. The normalized spacial score (nSPS) is 12.6. The predicted molar refractivity (Wildman–Crippen MR) is 77.2 cm³/mol. The second-order valence-electron chi connectivity index (χ2n) is 3.33. The first-order valence-electron chi connectivity index (χ1n) is 4.58. The van der Waals surface area contributed by atoms with Gasteiger partial charge in [-0.1, -0.05) is 39.1 Å². The van der Waals surface area contributed by atoms with Crippen molar-refractivity contribution in [1.82, 2.24) is 0 Å². The molecule has 8 heteroatoms. The van der Waals surface area contributed by atoms with Gasteiger partial charge in [-0.2, -0.15) is 0 Å². The van der Waals surface area contributed by atoms with Gasteiger partial charge >= 0.3 is 0 Å². The average molecular weight is 395 g/mol. The van der Waals surface area contributed by atoms with E-state index in [1.54, 1.807) is 13.0 Å². The van der Waals surface area contributed by atoms with Crippen LogP contribution in [0, 0.1) is 6.92 Å². The molecule has 0 aliphatic heterocycles. The van der Waals surface area contributed by atoms with E-state index in [0.29, 0.717) is 10.0 Å². The molecule has 0 aromatic heterocycles. The van der Waals surface area contributed by atoms with Crippen molar-refractivity contribution in [2.24, 2.45) is 0 Å². The van der Waals surface area contributed by atoms with E-state index in [-0.39, 0.29) is 22.3 Å². The van der Waals surface area contributed by atoms with Gasteiger partial charge in [0.15, 0.2) is 0 Å². The zero-order valence-corrected chi connectivity index (χ0v) is 13.8. The summed E-state index contributed by atoms with van der Waals surface area (Å²) in [6.45, 7) is 1.66. The van der Waals surface area contributed by atoms with Crippen LogP contribution in [-0.4, -0.2) is 15.0 Å². The number of rotatable bonds is 4. The Morgan fingerprint density at radius 1 is 1.50 bits per heavy atom. The number of ether oxygens (including phenoxy) is 1. The van der Waals surface area contributed by atoms with Gasteiger partial charge in [-0.3, -0.25) is 0 Å². The Morgan fingerprint density at radius 3 is 2.61 bits per heavy atom. The van der Waals surface area contributed by atoms with Crippen molar-refractivity contribution in [1.29, 1.82) is 0 Å². The monoisotopic (exact) mass is 392 g/mol. The van der Waals surface area contributed by atoms with E-state index < -0.39 is 9.05 Å². The second kappa shape index (κ2) is 6.48. The van der Waals surface area contributed by atoms with Crippen LogP contribution < -0.4 is 4.74 Å². The lowest BCUT2D eigenvalue weighted by atomic mass is 10.2. The molecule has 0 bridgehead atoms. The van der Waals surface area contributed by atoms with Crippen molar-refractivity contribution in [3.63, 3.8) is 0 Å². The Kier molecular flexibility index (Phi) is 5.80. The molecular formula is C10H8BrCl3O3S. The molecule has 0 saturated heterocycles. The lowest BCUT2D eigenvalue weighted by Crippen LogP contribution is -2.04. The fraction of sp³-hybridized carbons (Fsp3) is 0.200. The molecule has 18 heavy (non-hydrogen) atoms. The summed E-state index contributed by atoms with van der Waals surface area (Å²) in [5, 5.41) is 0.247. The zero-order valence-electron chi connectivity index (χ0n) is 9.08. The van der Waals surface area contributed by atoms with Crippen LogP contribution in [0.1, 0.15) is 5.56 Å². The SMILES string of the molecule is Cc1cc(Br)cc(S(=O)(=O)Cl)c1OC/C(Cl)=C/Cl. The fourth-order valence-corrected chi connectivity index (χ4v) is 3.13. The quantitative estimate of drug-likeness (QED) is 0.712. The molecule has 0 spiro atoms. The van der Waals surface area contributed by atoms with Gasteiger partial charge in [0.2, 0.25) is 0 Å². The van der Waals surface area contributed by atoms with Crippen molar-refractivity contribution in [2.75, 3.05) is 6.61 Å². The maximum absolute atomic E-state index is 11.5. The highest BCUT2D eigenvalue weighted by atomic mass is 79.9. The molecular weight excluding hydrogens is 386 g/mol. The summed E-state index contributed by atoms with van der Waals surface area (Å²) in [5.41, 5.74) is 1.76. The summed E-state index contributed by atoms with van der Waals surface area (Å²) in [5.74, 6) is 0.157. The van der Waals surface area contributed by atoms with E-state index >= 15 is 0 Å². The van der Waals surface area contributed by atoms with Crippen LogP contribution in [0.2, 0.25) is 0 Å². The Balaban J connectivity index is 3.25. The standard InChI is InChI=1S/C10H8BrCl3O3S/c1-6-2-7(11)3-9(18(14,15)16)10(6)17-5-8(13)4-12/h2-4H,5H2,1H3/b8-4-. The van der Waals surface area contributed by atoms with Gasteiger partial charge in [-0.05, 0) is 24.6 Å². The smallest absolute Gasteiger partial charge is 0.265 e. The third-order valence-corrected chi connectivity index (χ3v) is 4.32. The van der Waals surface area contributed by atoms with E-state index in [1.165, 1.54) is 6.07 Å². The molecule has 0 aliphatic carbocycles. The van der Waals surface area contributed by atoms with Crippen molar-refractivity contribution in [2.45, 2.75) is 11.8 Å². The van der Waals surface area contributed by atoms with Crippen LogP contribution >= 0.6 is 49.8 Å². The van der Waals surface area contributed by atoms with E-state index in [2.05, 4.69) is 15.9 Å². The van der Waals surface area contributed by atoms with Gasteiger partial charge in [0.05, 0.1) is 5.03 Å². The fourth-order valence-electron chi connectivity index (χ4n) is 1.24. The largest absolute Gasteiger partial charge is 0.486 e. The van der Waals surface area contributed by atoms with Gasteiger partial charge in [0, 0.05) is 20.7 Å². The topological polar surface area (TPSA) is 43.4 Å². The molecule has 100 valence electrons. The Morgan fingerprint density at radius 2 is 2.11 bits per heavy atom. The number of hydrogen-bond acceptors (Lipinski definition) is 3. The van der Waals surface area contributed by atoms with Crippen LogP contribution in [0.5, 0.6) is 5.75 Å². The molecule has 1 aromatic carbocycles. The molecule has 1 rings (SSSR count). The zero-order chi connectivity index (χ0) is 13.9. The van der Waals surface area contributed by atoms with Crippen molar-refractivity contribution < 1.29 is 13.2 Å². The molecule has 0 heterocycles. The van der Waals surface area contributed by atoms with Gasteiger partial charge in [0.1, 0.15) is 17.3 Å². The van der Waals surface area contributed by atoms with Crippen LogP contribution in [0.3, 0.4) is 0 Å². The van der Waals surface area contributed by atoms with Crippen LogP contribution in [-0.2, 0) is 9.05 Å². The predicted octanol–water partition coefficient (Wildman–Crippen LogP) is 4.38. The lowest BCUT2D eigenvalue weighted by molar-refractivity contribution is 0.347. The molecule has 0 aliphatic rings. The van der Waals surface area contributed by atoms with E-state index in [4.69, 9.17) is 38.6 Å². The molecule has 3 nitrogen and oxygen atoms in total. The van der Waals surface area contributed by atoms with E-state index in [1.807, 2.05) is 0 Å². The highest BCUT2D eigenvalue weighted by Crippen LogP contribution is 2.34. The molecule has 0 amide bonds. The third kappa shape index (κ3) is 4.31. The first kappa shape index (κ1) is 16.1. The minimum absolute atomic E-state index is 0.0348. The summed E-state index contributed by atoms with van der Waals surface area (Å²) in [6.07, 6.45) is 0. The van der Waals surface area contributed by atoms with Gasteiger partial charge in [-0.15, -0.1) is 0 Å². The molecule has 0 N–H and O–H groups in total. The van der Waals surface area contributed by atoms with Crippen LogP contribution in [0.25, 0.3) is 0 Å². The minimum Gasteiger partial charge on any atom is -0.486 e. The van der Waals surface area contributed by atoms with Crippen LogP contribution in [0.4, 0.5) is 0 Å². The summed E-state index contributed by atoms with van der Waals surface area (Å²) < 4.78 is 28.8. The summed E-state index contributed by atoms with van der Waals surface area (Å²) in [4.78, 5) is -0.116. The Bertz CT molecular complexity index is 584. The Labute approximate surface area is 128 Å². The summed E-state index contributed by atoms with van der Waals surface area (Å²) in [6, 6.07) is 3.07. The van der Waals surface area contributed by atoms with Gasteiger partial charge in [-0.25, -0.2) is 8.42 Å². The Hall–Kier alpha value is 0.0600. The molecule has 0 fully saturated rings.